The summed E-state index contributed by atoms with van der Waals surface area (Å²) in [4.78, 5) is 22.2. The zero-order valence-electron chi connectivity index (χ0n) is 25.2. The van der Waals surface area contributed by atoms with Gasteiger partial charge in [-0.15, -0.1) is 0 Å². The lowest BCUT2D eigenvalue weighted by atomic mass is 9.94. The fraction of sp³-hybridized carbons (Fsp3) is 0.500. The van der Waals surface area contributed by atoms with E-state index >= 15 is 0 Å². The van der Waals surface area contributed by atoms with E-state index in [9.17, 15) is 18.3 Å². The summed E-state index contributed by atoms with van der Waals surface area (Å²) in [5, 5.41) is 25.7. The molecule has 1 aromatic heterocycles. The highest BCUT2D eigenvalue weighted by atomic mass is 32.2. The number of anilines is 1. The Balaban J connectivity index is 0.00000135. The molecule has 1 aliphatic heterocycles. The third kappa shape index (κ3) is 7.76. The molecule has 4 N–H and O–H groups in total. The third-order valence-corrected chi connectivity index (χ3v) is 10.2. The van der Waals surface area contributed by atoms with Crippen molar-refractivity contribution in [2.24, 2.45) is 0 Å². The Morgan fingerprint density at radius 1 is 1.12 bits per heavy atom. The number of aromatic nitrogens is 1. The standard InChI is InChI=1S/C31H42N4O4S.CH2O2/c1-21(2)26-20-35-14-15-40(38,39)34(3)28-18-23(17-25(26)30(28)35)31(37)33-27(16-22-10-6-4-7-11-22)29(36)19-32-24-12-8-5-9-13-24;2-1-3/h4,6-7,10-11,17-18,20-21,24,27,29,32,36H,5,8-9,12-16,19H2,1-3H3,(H,33,37);1H,(H,2,3)/t27-,29+;/m0./s1. The molecule has 1 amide bonds. The Morgan fingerprint density at radius 3 is 2.44 bits per heavy atom. The van der Waals surface area contributed by atoms with Crippen LogP contribution in [0.3, 0.4) is 0 Å². The molecule has 0 spiro atoms. The monoisotopic (exact) mass is 612 g/mol. The summed E-state index contributed by atoms with van der Waals surface area (Å²) in [7, 11) is -1.96. The van der Waals surface area contributed by atoms with Crippen molar-refractivity contribution in [3.8, 4) is 0 Å². The number of benzene rings is 2. The number of rotatable bonds is 9. The van der Waals surface area contributed by atoms with Crippen molar-refractivity contribution in [1.29, 1.82) is 0 Å². The Hall–Kier alpha value is -3.41. The molecule has 2 aliphatic rings. The van der Waals surface area contributed by atoms with Gasteiger partial charge in [0.05, 0.1) is 29.1 Å². The summed E-state index contributed by atoms with van der Waals surface area (Å²) >= 11 is 0. The number of nitrogens with zero attached hydrogens (tertiary/aromatic N) is 2. The van der Waals surface area contributed by atoms with E-state index in [1.54, 1.807) is 13.1 Å². The highest BCUT2D eigenvalue weighted by Gasteiger charge is 2.30. The number of carbonyl (C=O) groups is 2. The Morgan fingerprint density at radius 2 is 1.79 bits per heavy atom. The highest BCUT2D eigenvalue weighted by molar-refractivity contribution is 7.92. The van der Waals surface area contributed by atoms with E-state index in [1.165, 1.54) is 23.6 Å². The van der Waals surface area contributed by atoms with E-state index in [4.69, 9.17) is 9.90 Å². The molecule has 234 valence electrons. The maximum absolute atomic E-state index is 13.8. The van der Waals surface area contributed by atoms with Crippen LogP contribution in [0, 0.1) is 0 Å². The van der Waals surface area contributed by atoms with Gasteiger partial charge in [0.25, 0.3) is 12.4 Å². The molecule has 5 rings (SSSR count). The Bertz CT molecular complexity index is 1500. The van der Waals surface area contributed by atoms with Crippen LogP contribution in [-0.2, 0) is 27.8 Å². The first-order chi connectivity index (χ1) is 20.6. The summed E-state index contributed by atoms with van der Waals surface area (Å²) < 4.78 is 29.2. The maximum atomic E-state index is 13.8. The van der Waals surface area contributed by atoms with E-state index in [-0.39, 0.29) is 24.1 Å². The molecule has 2 heterocycles. The molecular formula is C32H44N4O6S. The van der Waals surface area contributed by atoms with Crippen molar-refractivity contribution in [3.05, 3.63) is 65.4 Å². The smallest absolute Gasteiger partial charge is 0.290 e. The van der Waals surface area contributed by atoms with Crippen LogP contribution in [0.5, 0.6) is 0 Å². The third-order valence-electron chi connectivity index (χ3n) is 8.51. The largest absolute Gasteiger partial charge is 0.483 e. The number of sulfonamides is 1. The van der Waals surface area contributed by atoms with Crippen LogP contribution < -0.4 is 14.9 Å². The first-order valence-corrected chi connectivity index (χ1v) is 16.6. The van der Waals surface area contributed by atoms with Crippen LogP contribution in [0.25, 0.3) is 10.9 Å². The summed E-state index contributed by atoms with van der Waals surface area (Å²) in [5.41, 5.74) is 3.83. The molecule has 0 radical (unpaired) electrons. The van der Waals surface area contributed by atoms with Gasteiger partial charge in [0.15, 0.2) is 0 Å². The van der Waals surface area contributed by atoms with Gasteiger partial charge in [-0.05, 0) is 48.4 Å². The van der Waals surface area contributed by atoms with Crippen LogP contribution in [0.15, 0.2) is 48.7 Å². The van der Waals surface area contributed by atoms with Gasteiger partial charge in [-0.1, -0.05) is 63.4 Å². The predicted octanol–water partition coefficient (Wildman–Crippen LogP) is 3.87. The number of aliphatic hydroxyl groups is 1. The molecule has 11 heteroatoms. The molecule has 1 aliphatic carbocycles. The van der Waals surface area contributed by atoms with E-state index in [2.05, 4.69) is 24.5 Å². The van der Waals surface area contributed by atoms with Crippen molar-refractivity contribution < 1.29 is 28.2 Å². The second kappa shape index (κ2) is 14.4. The van der Waals surface area contributed by atoms with Crippen LogP contribution in [0.2, 0.25) is 0 Å². The molecule has 2 aromatic carbocycles. The van der Waals surface area contributed by atoms with Crippen molar-refractivity contribution in [2.75, 3.05) is 23.7 Å². The van der Waals surface area contributed by atoms with E-state index < -0.39 is 22.2 Å². The molecule has 3 aromatic rings. The maximum Gasteiger partial charge on any atom is 0.290 e. The van der Waals surface area contributed by atoms with Crippen molar-refractivity contribution in [1.82, 2.24) is 15.2 Å². The fourth-order valence-corrected chi connectivity index (χ4v) is 7.23. The number of hydrogen-bond donors (Lipinski definition) is 4. The van der Waals surface area contributed by atoms with Gasteiger partial charge >= 0.3 is 0 Å². The molecule has 43 heavy (non-hydrogen) atoms. The summed E-state index contributed by atoms with van der Waals surface area (Å²) in [6, 6.07) is 13.3. The lowest BCUT2D eigenvalue weighted by Crippen LogP contribution is -2.50. The van der Waals surface area contributed by atoms with E-state index in [0.717, 1.165) is 34.9 Å². The van der Waals surface area contributed by atoms with Crippen molar-refractivity contribution >= 4 is 39.0 Å². The minimum absolute atomic E-state index is 0.000358. The molecule has 1 fully saturated rings. The average molecular weight is 613 g/mol. The quantitative estimate of drug-likeness (QED) is 0.269. The number of aryl methyl sites for hydroxylation is 1. The van der Waals surface area contributed by atoms with Gasteiger partial charge in [-0.3, -0.25) is 13.9 Å². The molecular weight excluding hydrogens is 568 g/mol. The number of carbonyl (C=O) groups excluding carboxylic acids is 1. The first-order valence-electron chi connectivity index (χ1n) is 15.0. The van der Waals surface area contributed by atoms with Crippen molar-refractivity contribution in [2.45, 2.75) is 83.0 Å². The number of aliphatic hydroxyl groups excluding tert-OH is 1. The van der Waals surface area contributed by atoms with Crippen LogP contribution >= 0.6 is 0 Å². The van der Waals surface area contributed by atoms with E-state index in [0.29, 0.717) is 36.8 Å². The second-order valence-electron chi connectivity index (χ2n) is 11.8. The fourth-order valence-electron chi connectivity index (χ4n) is 6.09. The zero-order valence-corrected chi connectivity index (χ0v) is 26.0. The molecule has 2 atom stereocenters. The predicted molar refractivity (Wildman–Crippen MR) is 169 cm³/mol. The zero-order chi connectivity index (χ0) is 31.1. The topological polar surface area (TPSA) is 141 Å². The number of carboxylic acid groups (broad SMARTS) is 1. The summed E-state index contributed by atoms with van der Waals surface area (Å²) in [6.45, 7) is 4.72. The minimum Gasteiger partial charge on any atom is -0.483 e. The van der Waals surface area contributed by atoms with Gasteiger partial charge in [0.2, 0.25) is 10.0 Å². The van der Waals surface area contributed by atoms with E-state index in [1.807, 2.05) is 47.2 Å². The normalized spacial score (nSPS) is 17.9. The Labute approximate surface area is 254 Å². The molecule has 10 nitrogen and oxygen atoms in total. The van der Waals surface area contributed by atoms with Crippen LogP contribution in [0.4, 0.5) is 5.69 Å². The molecule has 0 bridgehead atoms. The van der Waals surface area contributed by atoms with Gasteiger partial charge in [0.1, 0.15) is 0 Å². The highest BCUT2D eigenvalue weighted by Crippen LogP contribution is 2.37. The number of nitrogens with one attached hydrogen (secondary N) is 2. The van der Waals surface area contributed by atoms with Crippen LogP contribution in [-0.4, -0.2) is 73.1 Å². The first kappa shape index (κ1) is 32.5. The lowest BCUT2D eigenvalue weighted by molar-refractivity contribution is -0.122. The molecule has 0 unspecified atom stereocenters. The average Bonchev–Trinajstić information content (AvgIpc) is 3.34. The SMILES string of the molecule is CC(C)c1cn2c3c(cc(C(=O)N[C@@H](Cc4ccccc4)[C@H](O)CNC4CCCCC4)cc13)N(C)S(=O)(=O)CC2.O=CO. The van der Waals surface area contributed by atoms with Gasteiger partial charge < -0.3 is 25.4 Å². The van der Waals surface area contributed by atoms with Gasteiger partial charge in [0, 0.05) is 43.3 Å². The molecule has 0 saturated heterocycles. The summed E-state index contributed by atoms with van der Waals surface area (Å²) in [6.07, 6.45) is 7.61. The van der Waals surface area contributed by atoms with Crippen LogP contribution in [0.1, 0.15) is 73.4 Å². The number of amides is 1. The second-order valence-corrected chi connectivity index (χ2v) is 13.9. The minimum atomic E-state index is -3.52. The van der Waals surface area contributed by atoms with Gasteiger partial charge in [-0.25, -0.2) is 8.42 Å². The molecule has 1 saturated carbocycles. The summed E-state index contributed by atoms with van der Waals surface area (Å²) in [5.74, 6) is -0.122. The lowest BCUT2D eigenvalue weighted by Gasteiger charge is -2.28. The van der Waals surface area contributed by atoms with Crippen molar-refractivity contribution in [3.63, 3.8) is 0 Å². The Kier molecular flexibility index (Phi) is 10.9. The number of hydrogen-bond acceptors (Lipinski definition) is 6. The van der Waals surface area contributed by atoms with Gasteiger partial charge in [-0.2, -0.15) is 0 Å².